The highest BCUT2D eigenvalue weighted by Crippen LogP contribution is 2.23. The molecule has 19 heavy (non-hydrogen) atoms. The molecule has 0 unspecified atom stereocenters. The summed E-state index contributed by atoms with van der Waals surface area (Å²) in [6.07, 6.45) is 2.76. The lowest BCUT2D eigenvalue weighted by Crippen LogP contribution is -2.44. The van der Waals surface area contributed by atoms with E-state index in [2.05, 4.69) is 0 Å². The Kier molecular flexibility index (Phi) is 4.77. The quantitative estimate of drug-likeness (QED) is 0.800. The number of nitrogens with zero attached hydrogens (tertiary/aromatic N) is 1. The molecule has 0 aromatic heterocycles. The van der Waals surface area contributed by atoms with E-state index in [0.717, 1.165) is 25.8 Å². The number of carbonyl (C=O) groups is 1. The van der Waals surface area contributed by atoms with Crippen molar-refractivity contribution in [3.63, 3.8) is 0 Å². The molecule has 104 valence electrons. The fourth-order valence-corrected chi connectivity index (χ4v) is 2.66. The largest absolute Gasteiger partial charge is 0.468 e. The predicted octanol–water partition coefficient (Wildman–Crippen LogP) is 3.01. The molecule has 0 bridgehead atoms. The Morgan fingerprint density at radius 2 is 2.32 bits per heavy atom. The van der Waals surface area contributed by atoms with Crippen LogP contribution in [-0.2, 0) is 16.1 Å². The minimum absolute atomic E-state index is 0.248. The van der Waals surface area contributed by atoms with Gasteiger partial charge >= 0.3 is 5.97 Å². The number of piperidine rings is 1. The van der Waals surface area contributed by atoms with Gasteiger partial charge in [0.2, 0.25) is 0 Å². The van der Waals surface area contributed by atoms with Crippen LogP contribution in [0.25, 0.3) is 0 Å². The van der Waals surface area contributed by atoms with Gasteiger partial charge in [0.15, 0.2) is 0 Å². The first-order valence-corrected chi connectivity index (χ1v) is 6.75. The van der Waals surface area contributed by atoms with Crippen molar-refractivity contribution in [2.75, 3.05) is 13.7 Å². The lowest BCUT2D eigenvalue weighted by atomic mass is 10.0. The minimum Gasteiger partial charge on any atom is -0.468 e. The van der Waals surface area contributed by atoms with Crippen LogP contribution in [0.3, 0.4) is 0 Å². The molecule has 1 aromatic carbocycles. The van der Waals surface area contributed by atoms with Crippen LogP contribution in [0.2, 0.25) is 5.02 Å². The summed E-state index contributed by atoms with van der Waals surface area (Å²) in [4.78, 5) is 13.7. The Balaban J connectivity index is 2.15. The minimum atomic E-state index is -0.293. The smallest absolute Gasteiger partial charge is 0.323 e. The number of carbonyl (C=O) groups excluding carboxylic acids is 1. The second kappa shape index (κ2) is 6.35. The van der Waals surface area contributed by atoms with Gasteiger partial charge in [-0.2, -0.15) is 0 Å². The molecule has 0 N–H and O–H groups in total. The maximum Gasteiger partial charge on any atom is 0.323 e. The Morgan fingerprint density at radius 1 is 1.53 bits per heavy atom. The summed E-state index contributed by atoms with van der Waals surface area (Å²) in [7, 11) is 1.38. The second-order valence-electron chi connectivity index (χ2n) is 4.74. The highest BCUT2D eigenvalue weighted by atomic mass is 35.5. The zero-order chi connectivity index (χ0) is 13.8. The van der Waals surface area contributed by atoms with Crippen molar-refractivity contribution in [1.29, 1.82) is 0 Å². The van der Waals surface area contributed by atoms with Gasteiger partial charge in [-0.05, 0) is 37.6 Å². The molecule has 1 aliphatic rings. The molecule has 1 aliphatic heterocycles. The molecule has 0 aliphatic carbocycles. The van der Waals surface area contributed by atoms with Gasteiger partial charge in [0.05, 0.1) is 7.11 Å². The Bertz CT molecular complexity index is 467. The number of benzene rings is 1. The third-order valence-electron chi connectivity index (χ3n) is 3.47. The summed E-state index contributed by atoms with van der Waals surface area (Å²) in [6.45, 7) is 1.15. The number of likely N-dealkylation sites (tertiary alicyclic amines) is 1. The molecule has 0 saturated carbocycles. The zero-order valence-electron chi connectivity index (χ0n) is 10.9. The monoisotopic (exact) mass is 285 g/mol. The average molecular weight is 286 g/mol. The molecule has 1 fully saturated rings. The van der Waals surface area contributed by atoms with Crippen molar-refractivity contribution < 1.29 is 13.9 Å². The van der Waals surface area contributed by atoms with Gasteiger partial charge in [0.1, 0.15) is 11.9 Å². The van der Waals surface area contributed by atoms with Crippen LogP contribution >= 0.6 is 11.6 Å². The van der Waals surface area contributed by atoms with Gasteiger partial charge < -0.3 is 4.74 Å². The summed E-state index contributed by atoms with van der Waals surface area (Å²) < 4.78 is 18.5. The highest BCUT2D eigenvalue weighted by molar-refractivity contribution is 6.30. The maximum absolute atomic E-state index is 13.7. The van der Waals surface area contributed by atoms with E-state index in [9.17, 15) is 9.18 Å². The first kappa shape index (κ1) is 14.3. The van der Waals surface area contributed by atoms with E-state index in [0.29, 0.717) is 17.1 Å². The van der Waals surface area contributed by atoms with E-state index in [1.54, 1.807) is 6.07 Å². The van der Waals surface area contributed by atoms with E-state index < -0.39 is 0 Å². The summed E-state index contributed by atoms with van der Waals surface area (Å²) in [5, 5.41) is 0.503. The van der Waals surface area contributed by atoms with Crippen molar-refractivity contribution in [3.05, 3.63) is 34.6 Å². The van der Waals surface area contributed by atoms with Crippen LogP contribution in [0.1, 0.15) is 24.8 Å². The summed E-state index contributed by atoms with van der Waals surface area (Å²) >= 11 is 5.88. The predicted molar refractivity (Wildman–Crippen MR) is 71.5 cm³/mol. The SMILES string of the molecule is COC(=O)[C@H]1CCCCN1Cc1cc(Cl)ccc1F. The van der Waals surface area contributed by atoms with E-state index in [1.807, 2.05) is 4.90 Å². The maximum atomic E-state index is 13.7. The molecular formula is C14H17ClFNO2. The van der Waals surface area contributed by atoms with Crippen LogP contribution in [-0.4, -0.2) is 30.6 Å². The lowest BCUT2D eigenvalue weighted by molar-refractivity contribution is -0.148. The zero-order valence-corrected chi connectivity index (χ0v) is 11.6. The first-order valence-electron chi connectivity index (χ1n) is 6.37. The van der Waals surface area contributed by atoms with Gasteiger partial charge in [-0.15, -0.1) is 0 Å². The highest BCUT2D eigenvalue weighted by Gasteiger charge is 2.29. The summed E-state index contributed by atoms with van der Waals surface area (Å²) in [6, 6.07) is 4.21. The molecule has 0 spiro atoms. The number of esters is 1. The molecule has 1 atom stereocenters. The van der Waals surface area contributed by atoms with Crippen molar-refractivity contribution >= 4 is 17.6 Å². The Labute approximate surface area is 117 Å². The van der Waals surface area contributed by atoms with Gasteiger partial charge in [0.25, 0.3) is 0 Å². The molecule has 5 heteroatoms. The molecule has 2 rings (SSSR count). The number of ether oxygens (including phenoxy) is 1. The Morgan fingerprint density at radius 3 is 3.05 bits per heavy atom. The normalized spacial score (nSPS) is 20.3. The second-order valence-corrected chi connectivity index (χ2v) is 5.18. The van der Waals surface area contributed by atoms with Gasteiger partial charge in [-0.3, -0.25) is 9.69 Å². The van der Waals surface area contributed by atoms with Crippen molar-refractivity contribution in [1.82, 2.24) is 4.90 Å². The van der Waals surface area contributed by atoms with Crippen molar-refractivity contribution in [2.24, 2.45) is 0 Å². The molecule has 0 amide bonds. The number of hydrogen-bond donors (Lipinski definition) is 0. The molecule has 1 aromatic rings. The standard InChI is InChI=1S/C14H17ClFNO2/c1-19-14(18)13-4-2-3-7-17(13)9-10-8-11(15)5-6-12(10)16/h5-6,8,13H,2-4,7,9H2,1H3/t13-/m1/s1. The average Bonchev–Trinajstić information content (AvgIpc) is 2.42. The van der Waals surface area contributed by atoms with Gasteiger partial charge in [-0.25, -0.2) is 4.39 Å². The molecule has 1 heterocycles. The third kappa shape index (κ3) is 3.45. The van der Waals surface area contributed by atoms with Crippen LogP contribution in [0.4, 0.5) is 4.39 Å². The van der Waals surface area contributed by atoms with Gasteiger partial charge in [0, 0.05) is 17.1 Å². The summed E-state index contributed by atoms with van der Waals surface area (Å²) in [5.74, 6) is -0.541. The van der Waals surface area contributed by atoms with Crippen molar-refractivity contribution in [2.45, 2.75) is 31.8 Å². The van der Waals surface area contributed by atoms with Crippen molar-refractivity contribution in [3.8, 4) is 0 Å². The third-order valence-corrected chi connectivity index (χ3v) is 3.70. The topological polar surface area (TPSA) is 29.5 Å². The number of methoxy groups -OCH3 is 1. The van der Waals surface area contributed by atoms with Crippen LogP contribution in [0, 0.1) is 5.82 Å². The fourth-order valence-electron chi connectivity index (χ4n) is 2.47. The first-order chi connectivity index (χ1) is 9.11. The van der Waals surface area contributed by atoms with Crippen LogP contribution < -0.4 is 0 Å². The molecule has 1 saturated heterocycles. The van der Waals surface area contributed by atoms with E-state index in [1.165, 1.54) is 19.2 Å². The lowest BCUT2D eigenvalue weighted by Gasteiger charge is -2.33. The number of rotatable bonds is 3. The molecule has 3 nitrogen and oxygen atoms in total. The molecule has 0 radical (unpaired) electrons. The van der Waals surface area contributed by atoms with E-state index in [-0.39, 0.29) is 17.8 Å². The molecular weight excluding hydrogens is 269 g/mol. The van der Waals surface area contributed by atoms with E-state index in [4.69, 9.17) is 16.3 Å². The van der Waals surface area contributed by atoms with Crippen LogP contribution in [0.5, 0.6) is 0 Å². The summed E-state index contributed by atoms with van der Waals surface area (Å²) in [5.41, 5.74) is 0.517. The van der Waals surface area contributed by atoms with Gasteiger partial charge in [-0.1, -0.05) is 18.0 Å². The number of hydrogen-bond acceptors (Lipinski definition) is 3. The van der Waals surface area contributed by atoms with E-state index >= 15 is 0 Å². The number of halogens is 2. The van der Waals surface area contributed by atoms with Crippen LogP contribution in [0.15, 0.2) is 18.2 Å². The Hall–Kier alpha value is -1.13. The fraction of sp³-hybridized carbons (Fsp3) is 0.500.